The number of hydrogen-bond donors (Lipinski definition) is 0. The van der Waals surface area contributed by atoms with Crippen LogP contribution in [0, 0.1) is 0 Å². The second-order valence-electron chi connectivity index (χ2n) is 8.71. The van der Waals surface area contributed by atoms with E-state index in [1.807, 2.05) is 43.7 Å². The fourth-order valence-corrected chi connectivity index (χ4v) is 4.13. The molecule has 1 aliphatic rings. The monoisotopic (exact) mass is 472 g/mol. The van der Waals surface area contributed by atoms with Crippen LogP contribution in [0.1, 0.15) is 38.6 Å². The lowest BCUT2D eigenvalue weighted by atomic mass is 10.2. The van der Waals surface area contributed by atoms with Crippen LogP contribution in [0.5, 0.6) is 11.5 Å². The Bertz CT molecular complexity index is 952. The van der Waals surface area contributed by atoms with Crippen molar-refractivity contribution in [3.8, 4) is 11.5 Å². The Morgan fingerprint density at radius 1 is 1.15 bits per heavy atom. The Hall–Kier alpha value is -3.07. The maximum absolute atomic E-state index is 13.1. The highest BCUT2D eigenvalue weighted by atomic mass is 16.5. The molecule has 0 bridgehead atoms. The minimum Gasteiger partial charge on any atom is -0.497 e. The summed E-state index contributed by atoms with van der Waals surface area (Å²) in [4.78, 5) is 33.7. The molecule has 1 atom stereocenters. The lowest BCUT2D eigenvalue weighted by Gasteiger charge is -2.27. The number of aryl methyl sites for hydroxylation is 2. The van der Waals surface area contributed by atoms with Gasteiger partial charge in [-0.1, -0.05) is 6.92 Å². The van der Waals surface area contributed by atoms with Gasteiger partial charge in [-0.25, -0.2) is 4.98 Å². The van der Waals surface area contributed by atoms with E-state index < -0.39 is 0 Å². The van der Waals surface area contributed by atoms with Gasteiger partial charge in [-0.15, -0.1) is 0 Å². The first-order valence-corrected chi connectivity index (χ1v) is 11.7. The summed E-state index contributed by atoms with van der Waals surface area (Å²) >= 11 is 0. The molecular weight excluding hydrogens is 436 g/mol. The summed E-state index contributed by atoms with van der Waals surface area (Å²) in [7, 11) is 3.21. The van der Waals surface area contributed by atoms with Crippen molar-refractivity contribution in [2.24, 2.45) is 0 Å². The lowest BCUT2D eigenvalue weighted by molar-refractivity contribution is -0.139. The number of aromatic nitrogens is 2. The highest BCUT2D eigenvalue weighted by molar-refractivity contribution is 5.85. The van der Waals surface area contributed by atoms with Crippen molar-refractivity contribution in [1.82, 2.24) is 19.4 Å². The molecule has 34 heavy (non-hydrogen) atoms. The molecule has 0 radical (unpaired) electrons. The maximum atomic E-state index is 13.1. The van der Waals surface area contributed by atoms with E-state index in [2.05, 4.69) is 4.98 Å². The van der Waals surface area contributed by atoms with Crippen LogP contribution in [0.2, 0.25) is 0 Å². The molecule has 1 aliphatic heterocycles. The molecule has 1 fully saturated rings. The van der Waals surface area contributed by atoms with Crippen LogP contribution >= 0.6 is 0 Å². The first-order chi connectivity index (χ1) is 16.3. The van der Waals surface area contributed by atoms with Gasteiger partial charge in [0.25, 0.3) is 0 Å². The number of carbonyl (C=O) groups is 2. The van der Waals surface area contributed by atoms with Crippen molar-refractivity contribution in [1.29, 1.82) is 0 Å². The summed E-state index contributed by atoms with van der Waals surface area (Å²) in [5, 5.41) is 0. The highest BCUT2D eigenvalue weighted by Crippen LogP contribution is 2.24. The molecule has 0 N–H and O–H groups in total. The molecule has 0 unspecified atom stereocenters. The highest BCUT2D eigenvalue weighted by Gasteiger charge is 2.32. The minimum atomic E-state index is -0.311. The van der Waals surface area contributed by atoms with Crippen LogP contribution in [0.15, 0.2) is 30.6 Å². The van der Waals surface area contributed by atoms with Crippen LogP contribution < -0.4 is 9.47 Å². The molecule has 1 saturated heterocycles. The number of imidazole rings is 1. The zero-order valence-corrected chi connectivity index (χ0v) is 20.8. The van der Waals surface area contributed by atoms with E-state index in [0.29, 0.717) is 44.2 Å². The Morgan fingerprint density at radius 2 is 1.85 bits per heavy atom. The maximum Gasteiger partial charge on any atom is 0.242 e. The van der Waals surface area contributed by atoms with Gasteiger partial charge >= 0.3 is 0 Å². The Balaban J connectivity index is 1.70. The summed E-state index contributed by atoms with van der Waals surface area (Å²) in [6.07, 6.45) is 4.43. The van der Waals surface area contributed by atoms with Gasteiger partial charge < -0.3 is 28.6 Å². The summed E-state index contributed by atoms with van der Waals surface area (Å²) in [6.45, 7) is 7.70. The first-order valence-electron chi connectivity index (χ1n) is 11.7. The van der Waals surface area contributed by atoms with Gasteiger partial charge in [0.15, 0.2) is 0 Å². The number of benzene rings is 1. The molecule has 1 aromatic carbocycles. The Kier molecular flexibility index (Phi) is 8.92. The largest absolute Gasteiger partial charge is 0.497 e. The van der Waals surface area contributed by atoms with E-state index >= 15 is 0 Å². The van der Waals surface area contributed by atoms with Gasteiger partial charge in [0, 0.05) is 57.0 Å². The molecule has 0 saturated carbocycles. The van der Waals surface area contributed by atoms with Gasteiger partial charge in [0.2, 0.25) is 11.8 Å². The van der Waals surface area contributed by atoms with Crippen molar-refractivity contribution in [3.05, 3.63) is 42.0 Å². The van der Waals surface area contributed by atoms with Crippen LogP contribution in [-0.2, 0) is 33.9 Å². The van der Waals surface area contributed by atoms with Crippen LogP contribution in [-0.4, -0.2) is 77.2 Å². The van der Waals surface area contributed by atoms with Crippen molar-refractivity contribution in [3.63, 3.8) is 0 Å². The van der Waals surface area contributed by atoms with Crippen LogP contribution in [0.4, 0.5) is 0 Å². The smallest absolute Gasteiger partial charge is 0.242 e. The van der Waals surface area contributed by atoms with Crippen molar-refractivity contribution in [2.45, 2.75) is 58.9 Å². The normalized spacial score (nSPS) is 16.6. The first kappa shape index (κ1) is 25.6. The topological polar surface area (TPSA) is 86.1 Å². The summed E-state index contributed by atoms with van der Waals surface area (Å²) in [6, 6.07) is 5.61. The second kappa shape index (κ2) is 11.9. The van der Waals surface area contributed by atoms with Gasteiger partial charge in [0.1, 0.15) is 17.3 Å². The fourth-order valence-electron chi connectivity index (χ4n) is 4.13. The number of nitrogens with zero attached hydrogens (tertiary/aromatic N) is 4. The zero-order valence-electron chi connectivity index (χ0n) is 20.8. The van der Waals surface area contributed by atoms with Gasteiger partial charge in [-0.3, -0.25) is 9.59 Å². The molecule has 2 heterocycles. The van der Waals surface area contributed by atoms with E-state index in [1.54, 1.807) is 36.3 Å². The molecule has 0 aliphatic carbocycles. The third kappa shape index (κ3) is 6.50. The quantitative estimate of drug-likeness (QED) is 0.528. The minimum absolute atomic E-state index is 0.0172. The number of amides is 2. The molecule has 3 rings (SSSR count). The molecule has 9 nitrogen and oxygen atoms in total. The Labute approximate surface area is 201 Å². The number of carbonyl (C=O) groups excluding carboxylic acids is 2. The van der Waals surface area contributed by atoms with Gasteiger partial charge in [-0.05, 0) is 31.5 Å². The number of ether oxygens (including phenoxy) is 3. The van der Waals surface area contributed by atoms with Crippen molar-refractivity contribution < 1.29 is 23.8 Å². The average Bonchev–Trinajstić information content (AvgIpc) is 3.22. The summed E-state index contributed by atoms with van der Waals surface area (Å²) in [5.41, 5.74) is 0.896. The molecule has 2 amide bonds. The average molecular weight is 473 g/mol. The van der Waals surface area contributed by atoms with E-state index in [1.165, 1.54) is 0 Å². The number of methoxy groups -OCH3 is 2. The van der Waals surface area contributed by atoms with E-state index in [-0.39, 0.29) is 30.5 Å². The number of hydrogen-bond acceptors (Lipinski definition) is 6. The third-order valence-electron chi connectivity index (χ3n) is 6.03. The lowest BCUT2D eigenvalue weighted by Crippen LogP contribution is -2.42. The number of rotatable bonds is 10. The third-order valence-corrected chi connectivity index (χ3v) is 6.03. The second-order valence-corrected chi connectivity index (χ2v) is 8.71. The Morgan fingerprint density at radius 3 is 2.47 bits per heavy atom. The molecule has 2 aromatic rings. The predicted molar refractivity (Wildman–Crippen MR) is 128 cm³/mol. The van der Waals surface area contributed by atoms with E-state index in [4.69, 9.17) is 14.2 Å². The predicted octanol–water partition coefficient (Wildman–Crippen LogP) is 2.52. The van der Waals surface area contributed by atoms with Crippen LogP contribution in [0.3, 0.4) is 0 Å². The zero-order chi connectivity index (χ0) is 24.7. The van der Waals surface area contributed by atoms with E-state index in [9.17, 15) is 9.59 Å². The fraction of sp³-hybridized carbons (Fsp3) is 0.560. The van der Waals surface area contributed by atoms with Crippen molar-refractivity contribution >= 4 is 11.8 Å². The van der Waals surface area contributed by atoms with Gasteiger partial charge in [-0.2, -0.15) is 0 Å². The molecule has 1 aromatic heterocycles. The SMILES string of the molecule is CCc1nccn1CCC(=O)N1CC(=O)N(C(C)C)C[C@@H](OCc2cc(OC)cc(OC)c2)C1. The van der Waals surface area contributed by atoms with Crippen molar-refractivity contribution in [2.75, 3.05) is 33.9 Å². The molecule has 186 valence electrons. The molecular formula is C25H36N4O5. The standard InChI is InChI=1S/C25H36N4O5/c1-6-23-26-8-10-27(23)9-7-24(30)28-14-22(15-29(18(2)3)25(31)16-28)34-17-19-11-20(32-4)13-21(12-19)33-5/h8,10-13,18,22H,6-7,9,14-17H2,1-5H3/t22-/m0/s1. The van der Waals surface area contributed by atoms with E-state index in [0.717, 1.165) is 17.8 Å². The molecule has 0 spiro atoms. The summed E-state index contributed by atoms with van der Waals surface area (Å²) < 4.78 is 18.9. The van der Waals surface area contributed by atoms with Gasteiger partial charge in [0.05, 0.1) is 33.5 Å². The molecule has 9 heteroatoms. The summed E-state index contributed by atoms with van der Waals surface area (Å²) in [5.74, 6) is 2.18. The van der Waals surface area contributed by atoms with Crippen LogP contribution in [0.25, 0.3) is 0 Å².